The van der Waals surface area contributed by atoms with E-state index in [0.717, 1.165) is 32.5 Å². The number of hydrogen-bond donors (Lipinski definition) is 1. The summed E-state index contributed by atoms with van der Waals surface area (Å²) in [6.07, 6.45) is 2.98. The highest BCUT2D eigenvalue weighted by molar-refractivity contribution is 5.84. The van der Waals surface area contributed by atoms with Gasteiger partial charge in [-0.25, -0.2) is 0 Å². The fourth-order valence-electron chi connectivity index (χ4n) is 4.19. The van der Waals surface area contributed by atoms with Crippen LogP contribution in [-0.4, -0.2) is 67.6 Å². The molecule has 2 aliphatic heterocycles. The van der Waals surface area contributed by atoms with Crippen molar-refractivity contribution in [1.29, 1.82) is 0 Å². The minimum atomic E-state index is -0.185. The van der Waals surface area contributed by atoms with Gasteiger partial charge in [-0.3, -0.25) is 14.5 Å². The first-order valence-electron chi connectivity index (χ1n) is 9.89. The van der Waals surface area contributed by atoms with Crippen LogP contribution in [-0.2, 0) is 20.9 Å². The number of carbonyl (C=O) groups excluding carboxylic acids is 2. The van der Waals surface area contributed by atoms with Crippen LogP contribution in [0.15, 0.2) is 30.3 Å². The Morgan fingerprint density at radius 1 is 1.19 bits per heavy atom. The Morgan fingerprint density at radius 2 is 1.89 bits per heavy atom. The fourth-order valence-corrected chi connectivity index (χ4v) is 4.19. The third-order valence-electron chi connectivity index (χ3n) is 5.88. The molecule has 1 N–H and O–H groups in total. The standard InChI is InChI=1S/C21H31N3O3/c1-23-19(15-27-2)18(8-9-20(23)25)21(26)22-17-10-12-24(13-11-17)14-16-6-4-3-5-7-16/h3-7,17-19H,8-15H2,1-2H3,(H,22,26)/t18-,19-/m1/s1. The van der Waals surface area contributed by atoms with Gasteiger partial charge in [0.05, 0.1) is 18.6 Å². The lowest BCUT2D eigenvalue weighted by molar-refractivity contribution is -0.143. The molecule has 0 unspecified atom stereocenters. The molecular formula is C21H31N3O3. The average molecular weight is 373 g/mol. The highest BCUT2D eigenvalue weighted by Gasteiger charge is 2.38. The number of ether oxygens (including phenoxy) is 1. The molecule has 2 heterocycles. The Morgan fingerprint density at radius 3 is 2.56 bits per heavy atom. The molecule has 2 atom stereocenters. The number of hydrogen-bond acceptors (Lipinski definition) is 4. The van der Waals surface area contributed by atoms with Crippen molar-refractivity contribution in [3.8, 4) is 0 Å². The number of amides is 2. The van der Waals surface area contributed by atoms with Crippen molar-refractivity contribution >= 4 is 11.8 Å². The Balaban J connectivity index is 1.49. The molecule has 0 saturated carbocycles. The monoisotopic (exact) mass is 373 g/mol. The van der Waals surface area contributed by atoms with E-state index in [9.17, 15) is 9.59 Å². The molecular weight excluding hydrogens is 342 g/mol. The molecule has 2 aliphatic rings. The Bertz CT molecular complexity index is 629. The Hall–Kier alpha value is -1.92. The molecule has 0 bridgehead atoms. The molecule has 1 aromatic carbocycles. The summed E-state index contributed by atoms with van der Waals surface area (Å²) in [6.45, 7) is 3.34. The molecule has 0 radical (unpaired) electrons. The van der Waals surface area contributed by atoms with Gasteiger partial charge in [-0.1, -0.05) is 30.3 Å². The van der Waals surface area contributed by atoms with E-state index >= 15 is 0 Å². The zero-order chi connectivity index (χ0) is 19.2. The van der Waals surface area contributed by atoms with Gasteiger partial charge in [0, 0.05) is 46.3 Å². The number of methoxy groups -OCH3 is 1. The quantitative estimate of drug-likeness (QED) is 0.824. The van der Waals surface area contributed by atoms with Crippen molar-refractivity contribution in [1.82, 2.24) is 15.1 Å². The molecule has 27 heavy (non-hydrogen) atoms. The molecule has 0 aliphatic carbocycles. The molecule has 3 rings (SSSR count). The topological polar surface area (TPSA) is 61.9 Å². The highest BCUT2D eigenvalue weighted by atomic mass is 16.5. The van der Waals surface area contributed by atoms with Gasteiger partial charge in [-0.15, -0.1) is 0 Å². The third kappa shape index (κ3) is 5.08. The zero-order valence-corrected chi connectivity index (χ0v) is 16.4. The molecule has 0 aromatic heterocycles. The van der Waals surface area contributed by atoms with Gasteiger partial charge in [0.25, 0.3) is 0 Å². The van der Waals surface area contributed by atoms with Crippen molar-refractivity contribution in [2.45, 2.75) is 44.3 Å². The first-order chi connectivity index (χ1) is 13.1. The number of carbonyl (C=O) groups is 2. The lowest BCUT2D eigenvalue weighted by atomic mass is 9.88. The van der Waals surface area contributed by atoms with Crippen molar-refractivity contribution in [3.63, 3.8) is 0 Å². The van der Waals surface area contributed by atoms with Crippen LogP contribution in [0.1, 0.15) is 31.2 Å². The van der Waals surface area contributed by atoms with Crippen molar-refractivity contribution in [2.24, 2.45) is 5.92 Å². The lowest BCUT2D eigenvalue weighted by Gasteiger charge is -2.39. The number of likely N-dealkylation sites (tertiary alicyclic amines) is 2. The summed E-state index contributed by atoms with van der Waals surface area (Å²) in [6, 6.07) is 10.5. The van der Waals surface area contributed by atoms with Crippen molar-refractivity contribution in [2.75, 3.05) is 33.9 Å². The maximum absolute atomic E-state index is 12.9. The largest absolute Gasteiger partial charge is 0.383 e. The highest BCUT2D eigenvalue weighted by Crippen LogP contribution is 2.25. The van der Waals surface area contributed by atoms with Crippen LogP contribution in [0, 0.1) is 5.92 Å². The van der Waals surface area contributed by atoms with E-state index in [0.29, 0.717) is 19.4 Å². The summed E-state index contributed by atoms with van der Waals surface area (Å²) in [4.78, 5) is 28.9. The molecule has 2 saturated heterocycles. The van der Waals surface area contributed by atoms with Crippen LogP contribution < -0.4 is 5.32 Å². The van der Waals surface area contributed by atoms with Gasteiger partial charge >= 0.3 is 0 Å². The van der Waals surface area contributed by atoms with Gasteiger partial charge in [0.15, 0.2) is 0 Å². The Labute approximate surface area is 161 Å². The van der Waals surface area contributed by atoms with Crippen LogP contribution in [0.4, 0.5) is 0 Å². The lowest BCUT2D eigenvalue weighted by Crippen LogP contribution is -2.55. The second kappa shape index (κ2) is 9.33. The fraction of sp³-hybridized carbons (Fsp3) is 0.619. The maximum atomic E-state index is 12.9. The summed E-state index contributed by atoms with van der Waals surface area (Å²) < 4.78 is 5.26. The summed E-state index contributed by atoms with van der Waals surface area (Å²) in [5, 5.41) is 3.24. The van der Waals surface area contributed by atoms with Crippen LogP contribution in [0.5, 0.6) is 0 Å². The molecule has 2 amide bonds. The normalized spacial score (nSPS) is 24.8. The van der Waals surface area contributed by atoms with E-state index in [1.807, 2.05) is 6.07 Å². The summed E-state index contributed by atoms with van der Waals surface area (Å²) in [5.41, 5.74) is 1.33. The Kier molecular flexibility index (Phi) is 6.85. The second-order valence-corrected chi connectivity index (χ2v) is 7.72. The number of nitrogens with one attached hydrogen (secondary N) is 1. The predicted molar refractivity (Wildman–Crippen MR) is 104 cm³/mol. The molecule has 148 valence electrons. The van der Waals surface area contributed by atoms with Gasteiger partial charge in [-0.05, 0) is 24.8 Å². The first kappa shape index (κ1) is 19.8. The SMILES string of the molecule is COC[C@@H]1[C@H](C(=O)NC2CCN(Cc3ccccc3)CC2)CCC(=O)N1C. The number of benzene rings is 1. The molecule has 2 fully saturated rings. The smallest absolute Gasteiger partial charge is 0.225 e. The van der Waals surface area contributed by atoms with Gasteiger partial charge in [0.1, 0.15) is 0 Å². The van der Waals surface area contributed by atoms with Crippen molar-refractivity contribution < 1.29 is 14.3 Å². The van der Waals surface area contributed by atoms with Crippen LogP contribution in [0.2, 0.25) is 0 Å². The van der Waals surface area contributed by atoms with Gasteiger partial charge in [0.2, 0.25) is 11.8 Å². The molecule has 0 spiro atoms. The zero-order valence-electron chi connectivity index (χ0n) is 16.4. The average Bonchev–Trinajstić information content (AvgIpc) is 2.68. The van der Waals surface area contributed by atoms with E-state index in [4.69, 9.17) is 4.74 Å². The van der Waals surface area contributed by atoms with E-state index in [1.165, 1.54) is 5.56 Å². The van der Waals surface area contributed by atoms with Gasteiger partial charge < -0.3 is 15.0 Å². The molecule has 6 nitrogen and oxygen atoms in total. The summed E-state index contributed by atoms with van der Waals surface area (Å²) >= 11 is 0. The third-order valence-corrected chi connectivity index (χ3v) is 5.88. The van der Waals surface area contributed by atoms with E-state index < -0.39 is 0 Å². The molecule has 6 heteroatoms. The van der Waals surface area contributed by atoms with Crippen LogP contribution in [0.25, 0.3) is 0 Å². The number of likely N-dealkylation sites (N-methyl/N-ethyl adjacent to an activating group) is 1. The number of nitrogens with zero attached hydrogens (tertiary/aromatic N) is 2. The number of rotatable bonds is 6. The predicted octanol–water partition coefficient (Wildman–Crippen LogP) is 1.65. The first-order valence-corrected chi connectivity index (χ1v) is 9.89. The number of piperidine rings is 2. The minimum absolute atomic E-state index is 0.0675. The van der Waals surface area contributed by atoms with E-state index in [1.54, 1.807) is 19.1 Å². The van der Waals surface area contributed by atoms with Gasteiger partial charge in [-0.2, -0.15) is 0 Å². The van der Waals surface area contributed by atoms with Crippen LogP contribution in [0.3, 0.4) is 0 Å². The van der Waals surface area contributed by atoms with E-state index in [-0.39, 0.29) is 29.8 Å². The molecule has 1 aromatic rings. The second-order valence-electron chi connectivity index (χ2n) is 7.72. The minimum Gasteiger partial charge on any atom is -0.383 e. The summed E-state index contributed by atoms with van der Waals surface area (Å²) in [7, 11) is 3.39. The summed E-state index contributed by atoms with van der Waals surface area (Å²) in [5.74, 6) is -0.0248. The van der Waals surface area contributed by atoms with E-state index in [2.05, 4.69) is 34.5 Å². The maximum Gasteiger partial charge on any atom is 0.225 e. The van der Waals surface area contributed by atoms with Crippen molar-refractivity contribution in [3.05, 3.63) is 35.9 Å². The van der Waals surface area contributed by atoms with Crippen LogP contribution >= 0.6 is 0 Å².